The molecule has 0 aliphatic carbocycles. The normalized spacial score (nSPS) is 38.7. The van der Waals surface area contributed by atoms with Gasteiger partial charge in [0.2, 0.25) is 5.91 Å². The van der Waals surface area contributed by atoms with Crippen LogP contribution in [0.4, 0.5) is 0 Å². The molecule has 5 unspecified atom stereocenters. The molecule has 0 aromatic rings. The molecule has 2 aliphatic rings. The zero-order chi connectivity index (χ0) is 11.0. The summed E-state index contributed by atoms with van der Waals surface area (Å²) in [5.41, 5.74) is 0. The van der Waals surface area contributed by atoms with Crippen LogP contribution in [0.15, 0.2) is 0 Å². The first-order valence-corrected chi connectivity index (χ1v) is 12.1. The Kier molecular flexibility index (Phi) is 4.41. The van der Waals surface area contributed by atoms with Gasteiger partial charge in [-0.3, -0.25) is 4.79 Å². The highest BCUT2D eigenvalue weighted by Crippen LogP contribution is 2.72. The Morgan fingerprint density at radius 2 is 2.33 bits per heavy atom. The van der Waals surface area contributed by atoms with Gasteiger partial charge in [0.25, 0.3) is 0 Å². The van der Waals surface area contributed by atoms with Crippen molar-refractivity contribution in [3.8, 4) is 0 Å². The van der Waals surface area contributed by atoms with Crippen LogP contribution in [0.25, 0.3) is 0 Å². The number of amides is 1. The van der Waals surface area contributed by atoms with Crippen molar-refractivity contribution in [2.75, 3.05) is 0 Å². The highest BCUT2D eigenvalue weighted by Gasteiger charge is 2.44. The average molecular weight is 281 g/mol. The second kappa shape index (κ2) is 5.23. The van der Waals surface area contributed by atoms with E-state index in [0.29, 0.717) is 23.6 Å². The monoisotopic (exact) mass is 281 g/mol. The summed E-state index contributed by atoms with van der Waals surface area (Å²) in [6.45, 7) is 2.32. The number of hydrogen-bond acceptors (Lipinski definition) is 1. The summed E-state index contributed by atoms with van der Waals surface area (Å²) in [5, 5.41) is 0. The second-order valence-electron chi connectivity index (χ2n) is 4.51. The van der Waals surface area contributed by atoms with Crippen LogP contribution in [0.3, 0.4) is 0 Å². The van der Waals surface area contributed by atoms with Gasteiger partial charge < -0.3 is 4.90 Å². The maximum Gasteiger partial charge on any atom is 0.223 e. The highest BCUT2D eigenvalue weighted by atomic mass is 32.6. The van der Waals surface area contributed by atoms with Gasteiger partial charge in [-0.2, -0.15) is 0 Å². The molecule has 0 saturated carbocycles. The van der Waals surface area contributed by atoms with Crippen molar-refractivity contribution in [3.05, 3.63) is 0 Å². The molecule has 0 N–H and O–H groups in total. The molecular formula is C9H19NOP4. The first-order valence-electron chi connectivity index (χ1n) is 5.46. The minimum atomic E-state index is -0.0765. The van der Waals surface area contributed by atoms with Crippen molar-refractivity contribution in [1.29, 1.82) is 0 Å². The van der Waals surface area contributed by atoms with E-state index >= 15 is 0 Å². The molecule has 86 valence electrons. The Balaban J connectivity index is 2.18. The highest BCUT2D eigenvalue weighted by molar-refractivity contribution is 8.61. The van der Waals surface area contributed by atoms with Crippen molar-refractivity contribution in [1.82, 2.24) is 4.90 Å². The van der Waals surface area contributed by atoms with Gasteiger partial charge in [0.15, 0.2) is 0 Å². The van der Waals surface area contributed by atoms with Crippen molar-refractivity contribution >= 4 is 39.0 Å². The fourth-order valence-corrected chi connectivity index (χ4v) is 8.56. The zero-order valence-corrected chi connectivity index (χ0v) is 13.2. The summed E-state index contributed by atoms with van der Waals surface area (Å²) < 4.78 is 0. The summed E-state index contributed by atoms with van der Waals surface area (Å²) in [4.78, 5) is 14.2. The third-order valence-corrected chi connectivity index (χ3v) is 14.4. The Labute approximate surface area is 99.3 Å². The fraction of sp³-hybridized carbons (Fsp3) is 0.889. The first-order chi connectivity index (χ1) is 7.15. The lowest BCUT2D eigenvalue weighted by molar-refractivity contribution is -0.135. The molecule has 7 atom stereocenters. The lowest BCUT2D eigenvalue weighted by Crippen LogP contribution is -2.43. The summed E-state index contributed by atoms with van der Waals surface area (Å²) in [6.07, 6.45) is 4.37. The summed E-state index contributed by atoms with van der Waals surface area (Å²) in [6, 6.07) is 0.568. The summed E-state index contributed by atoms with van der Waals surface area (Å²) in [7, 11) is 6.67. The van der Waals surface area contributed by atoms with Gasteiger partial charge in [-0.25, -0.2) is 0 Å². The van der Waals surface area contributed by atoms with Crippen molar-refractivity contribution in [2.24, 2.45) is 5.92 Å². The van der Waals surface area contributed by atoms with Crippen LogP contribution < -0.4 is 0 Å². The Morgan fingerprint density at radius 1 is 1.60 bits per heavy atom. The minimum absolute atomic E-state index is 0.0765. The van der Waals surface area contributed by atoms with Crippen molar-refractivity contribution in [2.45, 2.75) is 44.4 Å². The van der Waals surface area contributed by atoms with Crippen LogP contribution in [0, 0.1) is 5.92 Å². The van der Waals surface area contributed by atoms with Crippen molar-refractivity contribution < 1.29 is 4.79 Å². The molecule has 0 spiro atoms. The molecular weight excluding hydrogens is 262 g/mol. The molecule has 2 heterocycles. The van der Waals surface area contributed by atoms with E-state index in [9.17, 15) is 4.79 Å². The molecule has 1 amide bonds. The fourth-order valence-electron chi connectivity index (χ4n) is 2.87. The molecule has 0 aromatic carbocycles. The van der Waals surface area contributed by atoms with E-state index in [1.54, 1.807) is 0 Å². The van der Waals surface area contributed by atoms with E-state index in [4.69, 9.17) is 0 Å². The molecule has 6 heteroatoms. The number of piperidine rings is 1. The van der Waals surface area contributed by atoms with E-state index in [0.717, 1.165) is 20.8 Å². The van der Waals surface area contributed by atoms with E-state index in [1.807, 2.05) is 0 Å². The van der Waals surface area contributed by atoms with Crippen LogP contribution in [0.5, 0.6) is 0 Å². The van der Waals surface area contributed by atoms with Crippen LogP contribution >= 0.6 is 33.1 Å². The molecule has 2 nitrogen and oxygen atoms in total. The van der Waals surface area contributed by atoms with E-state index < -0.39 is 0 Å². The molecule has 15 heavy (non-hydrogen) atoms. The number of carbonyl (C=O) groups is 1. The third-order valence-electron chi connectivity index (χ3n) is 3.48. The van der Waals surface area contributed by atoms with Gasteiger partial charge in [-0.15, -0.1) is 17.9 Å². The molecule has 0 radical (unpaired) electrons. The smallest absolute Gasteiger partial charge is 0.223 e. The summed E-state index contributed by atoms with van der Waals surface area (Å²) in [5.74, 6) is 1.66. The molecule has 2 rings (SSSR count). The van der Waals surface area contributed by atoms with Gasteiger partial charge in [0, 0.05) is 12.5 Å². The number of fused-ring (bicyclic) bond motifs is 1. The number of hydrogen-bond donors (Lipinski definition) is 0. The maximum absolute atomic E-state index is 12.0. The Bertz CT molecular complexity index is 262. The second-order valence-corrected chi connectivity index (χ2v) is 14.0. The Morgan fingerprint density at radius 3 is 3.00 bits per heavy atom. The van der Waals surface area contributed by atoms with Crippen LogP contribution in [-0.2, 0) is 4.79 Å². The van der Waals surface area contributed by atoms with Gasteiger partial charge in [-0.1, -0.05) is 14.9 Å². The van der Waals surface area contributed by atoms with Gasteiger partial charge in [0.1, 0.15) is 0 Å². The van der Waals surface area contributed by atoms with Crippen LogP contribution in [0.1, 0.15) is 32.6 Å². The SMILES string of the molecule is C[C@H]1CC2CCCC(=O)N2[C@@H]1P(P)PP. The van der Waals surface area contributed by atoms with Crippen LogP contribution in [0.2, 0.25) is 0 Å². The van der Waals surface area contributed by atoms with E-state index in [-0.39, 0.29) is 7.30 Å². The Hall–Kier alpha value is 1.19. The first kappa shape index (κ1) is 12.6. The maximum atomic E-state index is 12.0. The predicted molar refractivity (Wildman–Crippen MR) is 76.7 cm³/mol. The largest absolute Gasteiger partial charge is 0.332 e. The van der Waals surface area contributed by atoms with E-state index in [1.165, 1.54) is 12.8 Å². The molecule has 0 bridgehead atoms. The third kappa shape index (κ3) is 2.40. The van der Waals surface area contributed by atoms with Gasteiger partial charge >= 0.3 is 0 Å². The minimum Gasteiger partial charge on any atom is -0.332 e. The topological polar surface area (TPSA) is 20.3 Å². The van der Waals surface area contributed by atoms with Gasteiger partial charge in [0.05, 0.1) is 5.78 Å². The molecule has 0 aromatic heterocycles. The lowest BCUT2D eigenvalue weighted by atomic mass is 10.0. The molecule has 2 aliphatic heterocycles. The summed E-state index contributed by atoms with van der Waals surface area (Å²) >= 11 is 0. The molecule has 2 saturated heterocycles. The van der Waals surface area contributed by atoms with E-state index in [2.05, 4.69) is 29.7 Å². The van der Waals surface area contributed by atoms with Gasteiger partial charge in [-0.05, 0) is 32.5 Å². The quantitative estimate of drug-likeness (QED) is 0.710. The number of carbonyl (C=O) groups excluding carboxylic acids is 1. The van der Waals surface area contributed by atoms with Crippen molar-refractivity contribution in [3.63, 3.8) is 0 Å². The zero-order valence-electron chi connectivity index (χ0n) is 9.02. The predicted octanol–water partition coefficient (Wildman–Crippen LogP) is 3.39. The lowest BCUT2D eigenvalue weighted by Gasteiger charge is -2.37. The molecule has 2 fully saturated rings. The standard InChI is InChI=1S/C9H19NOP4/c1-6-5-7-3-2-4-8(11)10(7)9(6)15(13)14-12/h6-7,9,14H,2-5,12-13H2,1H3/t6-,7?,9+,15?/m0/s1. The number of rotatable bonds is 2. The number of nitrogens with zero attached hydrogens (tertiary/aromatic N) is 1. The van der Waals surface area contributed by atoms with Crippen LogP contribution in [-0.4, -0.2) is 22.6 Å². The average Bonchev–Trinajstić information content (AvgIpc) is 2.55.